The molecule has 0 aliphatic carbocycles. The normalized spacial score (nSPS) is 12.0. The zero-order valence-corrected chi connectivity index (χ0v) is 19.8. The number of carbonyl (C=O) groups is 3. The molecular formula is C24H29N7O4. The van der Waals surface area contributed by atoms with Crippen molar-refractivity contribution in [2.45, 2.75) is 38.8 Å². The maximum absolute atomic E-state index is 12.9. The molecule has 3 aromatic rings. The fourth-order valence-corrected chi connectivity index (χ4v) is 3.25. The zero-order chi connectivity index (χ0) is 25.6. The number of anilines is 3. The third kappa shape index (κ3) is 7.56. The minimum Gasteiger partial charge on any atom is -0.444 e. The molecule has 1 aromatic heterocycles. The molecule has 1 atom stereocenters. The average molecular weight is 480 g/mol. The van der Waals surface area contributed by atoms with Crippen molar-refractivity contribution in [3.8, 4) is 0 Å². The van der Waals surface area contributed by atoms with Crippen molar-refractivity contribution in [1.29, 1.82) is 0 Å². The quantitative estimate of drug-likeness (QED) is 0.342. The number of ether oxygens (including phenoxy) is 1. The van der Waals surface area contributed by atoms with Crippen LogP contribution in [-0.2, 0) is 20.7 Å². The van der Waals surface area contributed by atoms with E-state index in [1.54, 1.807) is 39.0 Å². The van der Waals surface area contributed by atoms with Crippen LogP contribution in [0.1, 0.15) is 26.3 Å². The molecule has 35 heavy (non-hydrogen) atoms. The van der Waals surface area contributed by atoms with Crippen LogP contribution in [0.3, 0.4) is 0 Å². The van der Waals surface area contributed by atoms with Crippen molar-refractivity contribution in [2.75, 3.05) is 23.3 Å². The van der Waals surface area contributed by atoms with Gasteiger partial charge in [-0.05, 0) is 44.5 Å². The lowest BCUT2D eigenvalue weighted by atomic mass is 10.1. The number of hydrogen-bond acceptors (Lipinski definition) is 8. The van der Waals surface area contributed by atoms with Gasteiger partial charge in [0, 0.05) is 17.5 Å². The molecule has 0 fully saturated rings. The van der Waals surface area contributed by atoms with Crippen LogP contribution in [-0.4, -0.2) is 46.1 Å². The molecule has 3 amide bonds. The highest BCUT2D eigenvalue weighted by Crippen LogP contribution is 2.22. The van der Waals surface area contributed by atoms with E-state index in [1.165, 1.54) is 0 Å². The Kier molecular flexibility index (Phi) is 7.69. The van der Waals surface area contributed by atoms with E-state index in [4.69, 9.17) is 16.2 Å². The van der Waals surface area contributed by atoms with E-state index < -0.39 is 29.6 Å². The first-order valence-electron chi connectivity index (χ1n) is 10.9. The summed E-state index contributed by atoms with van der Waals surface area (Å²) in [7, 11) is 0. The molecule has 3 rings (SSSR count). The van der Waals surface area contributed by atoms with Crippen molar-refractivity contribution in [3.05, 3.63) is 54.1 Å². The molecule has 0 aliphatic rings. The Hall–Kier alpha value is -4.41. The number of amides is 3. The number of nitrogens with one attached hydrogen (secondary N) is 3. The Balaban J connectivity index is 1.63. The number of fused-ring (bicyclic) bond motifs is 1. The number of aromatic nitrogens is 2. The topological polar surface area (TPSA) is 174 Å². The number of nitrogens with zero attached hydrogens (tertiary/aromatic N) is 2. The van der Waals surface area contributed by atoms with Crippen LogP contribution in [0.15, 0.2) is 48.5 Å². The smallest absolute Gasteiger partial charge is 0.408 e. The zero-order valence-electron chi connectivity index (χ0n) is 19.8. The molecule has 0 bridgehead atoms. The Labute approximate surface area is 202 Å². The minimum atomic E-state index is -0.942. The first kappa shape index (κ1) is 25.2. The summed E-state index contributed by atoms with van der Waals surface area (Å²) in [5.41, 5.74) is 12.6. The third-order valence-electron chi connectivity index (χ3n) is 4.74. The van der Waals surface area contributed by atoms with Crippen molar-refractivity contribution < 1.29 is 19.1 Å². The summed E-state index contributed by atoms with van der Waals surface area (Å²) in [5.74, 6) is -0.752. The first-order valence-corrected chi connectivity index (χ1v) is 10.9. The largest absolute Gasteiger partial charge is 0.444 e. The molecule has 11 heteroatoms. The number of carbonyl (C=O) groups excluding carboxylic acids is 3. The molecule has 0 aliphatic heterocycles. The average Bonchev–Trinajstić information content (AvgIpc) is 2.77. The summed E-state index contributed by atoms with van der Waals surface area (Å²) in [6.07, 6.45) is -0.504. The van der Waals surface area contributed by atoms with Crippen molar-refractivity contribution in [3.63, 3.8) is 0 Å². The number of hydrogen-bond donors (Lipinski definition) is 5. The summed E-state index contributed by atoms with van der Waals surface area (Å²) in [6, 6.07) is 13.2. The van der Waals surface area contributed by atoms with Crippen LogP contribution < -0.4 is 27.4 Å². The molecule has 2 aromatic carbocycles. The molecule has 0 radical (unpaired) electrons. The second-order valence-electron chi connectivity index (χ2n) is 8.85. The first-order chi connectivity index (χ1) is 16.5. The molecular weight excluding hydrogens is 450 g/mol. The Morgan fingerprint density at radius 3 is 2.43 bits per heavy atom. The van der Waals surface area contributed by atoms with Gasteiger partial charge in [0.25, 0.3) is 0 Å². The van der Waals surface area contributed by atoms with Gasteiger partial charge in [-0.15, -0.1) is 0 Å². The monoisotopic (exact) mass is 479 g/mol. The maximum Gasteiger partial charge on any atom is 0.408 e. The molecule has 184 valence electrons. The van der Waals surface area contributed by atoms with Gasteiger partial charge >= 0.3 is 6.09 Å². The number of rotatable bonds is 7. The molecule has 0 saturated carbocycles. The van der Waals surface area contributed by atoms with Crippen LogP contribution in [0.2, 0.25) is 0 Å². The number of nitrogen functional groups attached to an aromatic ring is 2. The van der Waals surface area contributed by atoms with E-state index in [9.17, 15) is 14.4 Å². The van der Waals surface area contributed by atoms with Gasteiger partial charge in [0.2, 0.25) is 17.8 Å². The summed E-state index contributed by atoms with van der Waals surface area (Å²) in [6.45, 7) is 4.87. The maximum atomic E-state index is 12.9. The molecule has 0 spiro atoms. The van der Waals surface area contributed by atoms with E-state index in [0.29, 0.717) is 16.6 Å². The minimum absolute atomic E-state index is 0.0551. The fraction of sp³-hybridized carbons (Fsp3) is 0.292. The second kappa shape index (κ2) is 10.7. The molecule has 1 unspecified atom stereocenters. The Bertz CT molecular complexity index is 1230. The van der Waals surface area contributed by atoms with Gasteiger partial charge in [-0.25, -0.2) is 9.78 Å². The SMILES string of the molecule is CC(C)(C)OC(=O)NC(Cc1ccccc1)C(=O)NCC(=O)Nc1ccc2nc(N)nc(N)c2c1. The van der Waals surface area contributed by atoms with E-state index in [0.717, 1.165) is 5.56 Å². The van der Waals surface area contributed by atoms with Gasteiger partial charge in [0.1, 0.15) is 17.5 Å². The predicted molar refractivity (Wildman–Crippen MR) is 133 cm³/mol. The third-order valence-corrected chi connectivity index (χ3v) is 4.74. The number of nitrogens with two attached hydrogens (primary N) is 2. The summed E-state index contributed by atoms with van der Waals surface area (Å²) in [4.78, 5) is 45.6. The van der Waals surface area contributed by atoms with E-state index in [1.807, 2.05) is 30.3 Å². The van der Waals surface area contributed by atoms with Crippen LogP contribution >= 0.6 is 0 Å². The van der Waals surface area contributed by atoms with Gasteiger partial charge in [-0.2, -0.15) is 4.98 Å². The highest BCUT2D eigenvalue weighted by atomic mass is 16.6. The van der Waals surface area contributed by atoms with Gasteiger partial charge in [-0.3, -0.25) is 9.59 Å². The van der Waals surface area contributed by atoms with Gasteiger partial charge in [0.15, 0.2) is 0 Å². The van der Waals surface area contributed by atoms with Crippen LogP contribution in [0.5, 0.6) is 0 Å². The lowest BCUT2D eigenvalue weighted by Crippen LogP contribution is -2.50. The highest BCUT2D eigenvalue weighted by Gasteiger charge is 2.25. The lowest BCUT2D eigenvalue weighted by Gasteiger charge is -2.23. The standard InChI is InChI=1S/C24H29N7O4/c1-24(2,3)35-23(34)30-18(11-14-7-5-4-6-8-14)21(33)27-13-19(32)28-15-9-10-17-16(12-15)20(25)31-22(26)29-17/h4-10,12,18H,11,13H2,1-3H3,(H,27,33)(H,28,32)(H,30,34)(H4,25,26,29,31). The van der Waals surface area contributed by atoms with E-state index in [2.05, 4.69) is 25.9 Å². The van der Waals surface area contributed by atoms with E-state index in [-0.39, 0.29) is 24.7 Å². The van der Waals surface area contributed by atoms with Crippen LogP contribution in [0.4, 0.5) is 22.2 Å². The molecule has 7 N–H and O–H groups in total. The highest BCUT2D eigenvalue weighted by molar-refractivity contribution is 5.99. The summed E-state index contributed by atoms with van der Waals surface area (Å²) in [5, 5.41) is 8.36. The van der Waals surface area contributed by atoms with Crippen molar-refractivity contribution in [2.24, 2.45) is 0 Å². The fourth-order valence-electron chi connectivity index (χ4n) is 3.25. The number of alkyl carbamates (subject to hydrolysis) is 1. The van der Waals surface area contributed by atoms with Crippen LogP contribution in [0, 0.1) is 0 Å². The van der Waals surface area contributed by atoms with Crippen LogP contribution in [0.25, 0.3) is 10.9 Å². The van der Waals surface area contributed by atoms with Gasteiger partial charge < -0.3 is 32.2 Å². The Morgan fingerprint density at radius 2 is 1.74 bits per heavy atom. The second-order valence-corrected chi connectivity index (χ2v) is 8.85. The number of benzene rings is 2. The lowest BCUT2D eigenvalue weighted by molar-refractivity contribution is -0.125. The molecule has 11 nitrogen and oxygen atoms in total. The van der Waals surface area contributed by atoms with Crippen molar-refractivity contribution >= 4 is 46.3 Å². The molecule has 1 heterocycles. The predicted octanol–water partition coefficient (Wildman–Crippen LogP) is 1.98. The van der Waals surface area contributed by atoms with Gasteiger partial charge in [0.05, 0.1) is 12.1 Å². The summed E-state index contributed by atoms with van der Waals surface area (Å²) < 4.78 is 5.28. The molecule has 0 saturated heterocycles. The van der Waals surface area contributed by atoms with Gasteiger partial charge in [-0.1, -0.05) is 30.3 Å². The van der Waals surface area contributed by atoms with E-state index >= 15 is 0 Å². The summed E-state index contributed by atoms with van der Waals surface area (Å²) >= 11 is 0. The Morgan fingerprint density at radius 1 is 1.03 bits per heavy atom. The van der Waals surface area contributed by atoms with Crippen molar-refractivity contribution in [1.82, 2.24) is 20.6 Å².